The van der Waals surface area contributed by atoms with E-state index in [2.05, 4.69) is 23.3 Å². The Morgan fingerprint density at radius 2 is 1.80 bits per heavy atom. The number of rotatable bonds is 3. The molecule has 2 aromatic carbocycles. The number of hydrogen-bond donors (Lipinski definition) is 0. The van der Waals surface area contributed by atoms with Gasteiger partial charge >= 0.3 is 6.03 Å². The Balaban J connectivity index is 1.37. The van der Waals surface area contributed by atoms with Gasteiger partial charge in [-0.25, -0.2) is 9.80 Å². The van der Waals surface area contributed by atoms with E-state index in [1.165, 1.54) is 0 Å². The summed E-state index contributed by atoms with van der Waals surface area (Å²) in [6, 6.07) is 18.0. The molecule has 0 spiro atoms. The molecule has 128 valence electrons. The molecule has 1 saturated heterocycles. The first-order valence-corrected chi connectivity index (χ1v) is 8.99. The molecular weight excluding hydrogens is 334 g/mol. The molecule has 2 aromatic rings. The highest BCUT2D eigenvalue weighted by Gasteiger charge is 2.37. The standard InChI is InChI=1S/C20H20ClN3O/c21-18-9-5-4-8-17(18)12-15-13-23(14-15)20(25)24-19(10-11-22-24)16-6-2-1-3-7-16/h1-9,11,15,19H,10,12-14H2. The monoisotopic (exact) mass is 353 g/mol. The summed E-state index contributed by atoms with van der Waals surface area (Å²) in [6.45, 7) is 1.52. The van der Waals surface area contributed by atoms with Gasteiger partial charge in [-0.1, -0.05) is 60.1 Å². The second-order valence-corrected chi connectivity index (χ2v) is 7.06. The molecule has 2 amide bonds. The van der Waals surface area contributed by atoms with Gasteiger partial charge in [0.15, 0.2) is 0 Å². The van der Waals surface area contributed by atoms with Crippen molar-refractivity contribution < 1.29 is 4.79 Å². The minimum atomic E-state index is -0.00184. The Kier molecular flexibility index (Phi) is 4.45. The molecule has 1 atom stereocenters. The molecular formula is C20H20ClN3O. The summed E-state index contributed by atoms with van der Waals surface area (Å²) in [7, 11) is 0. The van der Waals surface area contributed by atoms with Crippen LogP contribution in [0.4, 0.5) is 4.79 Å². The molecule has 1 fully saturated rings. The SMILES string of the molecule is O=C(N1CC(Cc2ccccc2Cl)C1)N1N=CCC1c1ccccc1. The lowest BCUT2D eigenvalue weighted by Crippen LogP contribution is -2.54. The van der Waals surface area contributed by atoms with Gasteiger partial charge in [0, 0.05) is 30.7 Å². The lowest BCUT2D eigenvalue weighted by atomic mass is 9.92. The van der Waals surface area contributed by atoms with Crippen LogP contribution in [0.5, 0.6) is 0 Å². The molecule has 1 unspecified atom stereocenters. The molecule has 25 heavy (non-hydrogen) atoms. The number of hydrazone groups is 1. The van der Waals surface area contributed by atoms with E-state index in [1.807, 2.05) is 47.5 Å². The zero-order valence-electron chi connectivity index (χ0n) is 13.9. The number of nitrogens with zero attached hydrogens (tertiary/aromatic N) is 3. The van der Waals surface area contributed by atoms with E-state index in [1.54, 1.807) is 5.01 Å². The molecule has 0 aromatic heterocycles. The third kappa shape index (κ3) is 3.27. The summed E-state index contributed by atoms with van der Waals surface area (Å²) >= 11 is 6.23. The van der Waals surface area contributed by atoms with Crippen LogP contribution in [0.1, 0.15) is 23.6 Å². The molecule has 0 bridgehead atoms. The molecule has 0 saturated carbocycles. The quantitative estimate of drug-likeness (QED) is 0.807. The summed E-state index contributed by atoms with van der Waals surface area (Å²) in [5.41, 5.74) is 2.28. The molecule has 4 nitrogen and oxygen atoms in total. The van der Waals surface area contributed by atoms with Crippen molar-refractivity contribution in [2.45, 2.75) is 18.9 Å². The maximum Gasteiger partial charge on any atom is 0.341 e. The van der Waals surface area contributed by atoms with Crippen molar-refractivity contribution in [2.75, 3.05) is 13.1 Å². The van der Waals surface area contributed by atoms with Crippen LogP contribution in [-0.2, 0) is 6.42 Å². The van der Waals surface area contributed by atoms with Gasteiger partial charge in [0.1, 0.15) is 0 Å². The predicted molar refractivity (Wildman–Crippen MR) is 99.7 cm³/mol. The first-order valence-electron chi connectivity index (χ1n) is 8.61. The van der Waals surface area contributed by atoms with Gasteiger partial charge in [-0.2, -0.15) is 5.10 Å². The van der Waals surface area contributed by atoms with Gasteiger partial charge in [0.25, 0.3) is 0 Å². The number of amides is 2. The Hall–Kier alpha value is -2.33. The van der Waals surface area contributed by atoms with E-state index >= 15 is 0 Å². The van der Waals surface area contributed by atoms with Crippen LogP contribution in [0.15, 0.2) is 59.7 Å². The summed E-state index contributed by atoms with van der Waals surface area (Å²) in [4.78, 5) is 14.7. The largest absolute Gasteiger partial charge is 0.341 e. The number of benzene rings is 2. The number of carbonyl (C=O) groups is 1. The van der Waals surface area contributed by atoms with Gasteiger partial charge in [0.05, 0.1) is 6.04 Å². The Morgan fingerprint density at radius 1 is 1.08 bits per heavy atom. The third-order valence-electron chi connectivity index (χ3n) is 4.90. The van der Waals surface area contributed by atoms with Crippen molar-refractivity contribution in [3.8, 4) is 0 Å². The highest BCUT2D eigenvalue weighted by atomic mass is 35.5. The average Bonchev–Trinajstić information content (AvgIpc) is 3.09. The molecule has 4 rings (SSSR count). The van der Waals surface area contributed by atoms with Crippen molar-refractivity contribution in [3.05, 3.63) is 70.7 Å². The fraction of sp³-hybridized carbons (Fsp3) is 0.300. The minimum Gasteiger partial charge on any atom is -0.322 e. The maximum absolute atomic E-state index is 12.8. The highest BCUT2D eigenvalue weighted by Crippen LogP contribution is 2.32. The van der Waals surface area contributed by atoms with Crippen molar-refractivity contribution in [1.29, 1.82) is 0 Å². The van der Waals surface area contributed by atoms with E-state index in [9.17, 15) is 4.79 Å². The molecule has 2 heterocycles. The van der Waals surface area contributed by atoms with Gasteiger partial charge in [-0.15, -0.1) is 0 Å². The van der Waals surface area contributed by atoms with E-state index in [0.717, 1.165) is 42.1 Å². The first kappa shape index (κ1) is 16.2. The van der Waals surface area contributed by atoms with Crippen LogP contribution in [0.3, 0.4) is 0 Å². The van der Waals surface area contributed by atoms with Crippen LogP contribution in [0.25, 0.3) is 0 Å². The summed E-state index contributed by atoms with van der Waals surface area (Å²) in [5.74, 6) is 0.464. The van der Waals surface area contributed by atoms with Crippen LogP contribution in [0.2, 0.25) is 5.02 Å². The number of carbonyl (C=O) groups excluding carboxylic acids is 1. The van der Waals surface area contributed by atoms with E-state index in [4.69, 9.17) is 11.6 Å². The second-order valence-electron chi connectivity index (χ2n) is 6.65. The van der Waals surface area contributed by atoms with Gasteiger partial charge in [0.2, 0.25) is 0 Å². The second kappa shape index (κ2) is 6.89. The van der Waals surface area contributed by atoms with E-state index in [-0.39, 0.29) is 12.1 Å². The van der Waals surface area contributed by atoms with Gasteiger partial charge < -0.3 is 4.90 Å². The molecule has 2 aliphatic rings. The fourth-order valence-corrected chi connectivity index (χ4v) is 3.74. The van der Waals surface area contributed by atoms with E-state index < -0.39 is 0 Å². The van der Waals surface area contributed by atoms with Crippen LogP contribution in [-0.4, -0.2) is 35.2 Å². The number of halogens is 1. The summed E-state index contributed by atoms with van der Waals surface area (Å²) in [5, 5.41) is 6.75. The fourth-order valence-electron chi connectivity index (χ4n) is 3.53. The lowest BCUT2D eigenvalue weighted by Gasteiger charge is -2.41. The number of hydrogen-bond acceptors (Lipinski definition) is 2. The predicted octanol–water partition coefficient (Wildman–Crippen LogP) is 4.37. The zero-order chi connectivity index (χ0) is 17.2. The molecule has 2 aliphatic heterocycles. The lowest BCUT2D eigenvalue weighted by molar-refractivity contribution is 0.0835. The maximum atomic E-state index is 12.8. The highest BCUT2D eigenvalue weighted by molar-refractivity contribution is 6.31. The summed E-state index contributed by atoms with van der Waals surface area (Å²) in [6.07, 6.45) is 3.51. The molecule has 5 heteroatoms. The molecule has 0 radical (unpaired) electrons. The van der Waals surface area contributed by atoms with Crippen molar-refractivity contribution in [2.24, 2.45) is 11.0 Å². The summed E-state index contributed by atoms with van der Waals surface area (Å²) < 4.78 is 0. The number of likely N-dealkylation sites (tertiary alicyclic amines) is 1. The number of urea groups is 1. The zero-order valence-corrected chi connectivity index (χ0v) is 14.6. The van der Waals surface area contributed by atoms with Crippen LogP contribution < -0.4 is 0 Å². The Labute approximate surface area is 152 Å². The molecule has 0 N–H and O–H groups in total. The van der Waals surface area contributed by atoms with Crippen LogP contribution in [0, 0.1) is 5.92 Å². The molecule has 0 aliphatic carbocycles. The smallest absolute Gasteiger partial charge is 0.322 e. The third-order valence-corrected chi connectivity index (χ3v) is 5.27. The van der Waals surface area contributed by atoms with Gasteiger partial charge in [-0.05, 0) is 29.5 Å². The van der Waals surface area contributed by atoms with Crippen LogP contribution >= 0.6 is 11.6 Å². The Bertz CT molecular complexity index is 787. The van der Waals surface area contributed by atoms with Crippen molar-refractivity contribution >= 4 is 23.8 Å². The minimum absolute atomic E-state index is 0.00184. The van der Waals surface area contributed by atoms with E-state index in [0.29, 0.717) is 5.92 Å². The average molecular weight is 354 g/mol. The first-order chi connectivity index (χ1) is 12.2. The van der Waals surface area contributed by atoms with Gasteiger partial charge in [-0.3, -0.25) is 0 Å². The van der Waals surface area contributed by atoms with Crippen molar-refractivity contribution in [1.82, 2.24) is 9.91 Å². The normalized spacial score (nSPS) is 20.0. The Morgan fingerprint density at radius 3 is 2.56 bits per heavy atom. The van der Waals surface area contributed by atoms with Crippen molar-refractivity contribution in [3.63, 3.8) is 0 Å². The topological polar surface area (TPSA) is 35.9 Å².